The van der Waals surface area contributed by atoms with E-state index in [1.165, 1.54) is 0 Å². The maximum absolute atomic E-state index is 14.6. The first-order valence-corrected chi connectivity index (χ1v) is 14.4. The second-order valence-electron chi connectivity index (χ2n) is 11.4. The molecule has 39 heavy (non-hydrogen) atoms. The van der Waals surface area contributed by atoms with Gasteiger partial charge in [0.05, 0.1) is 30.1 Å². The molecular weight excluding hydrogens is 518 g/mol. The van der Waals surface area contributed by atoms with Crippen LogP contribution in [0.1, 0.15) is 40.5 Å². The van der Waals surface area contributed by atoms with Crippen molar-refractivity contribution in [1.29, 1.82) is 0 Å². The molecule has 1 aromatic carbocycles. The van der Waals surface area contributed by atoms with Crippen molar-refractivity contribution in [3.8, 4) is 0 Å². The van der Waals surface area contributed by atoms with Gasteiger partial charge in [-0.3, -0.25) is 14.4 Å². The van der Waals surface area contributed by atoms with Gasteiger partial charge in [0.1, 0.15) is 11.6 Å². The van der Waals surface area contributed by atoms with E-state index in [1.807, 2.05) is 52.0 Å². The fourth-order valence-electron chi connectivity index (χ4n) is 7.01. The van der Waals surface area contributed by atoms with E-state index < -0.39 is 35.1 Å². The van der Waals surface area contributed by atoms with E-state index in [9.17, 15) is 19.5 Å². The van der Waals surface area contributed by atoms with Crippen LogP contribution < -0.4 is 4.90 Å². The Morgan fingerprint density at radius 3 is 2.36 bits per heavy atom. The first kappa shape index (κ1) is 27.9. The molecule has 2 fully saturated rings. The number of hydrogen-bond donors (Lipinski definition) is 1. The number of aliphatic hydroxyl groups excluding tert-OH is 1. The van der Waals surface area contributed by atoms with E-state index in [-0.39, 0.29) is 36.8 Å². The highest BCUT2D eigenvalue weighted by Crippen LogP contribution is 2.58. The Bertz CT molecular complexity index is 1200. The quantitative estimate of drug-likeness (QED) is 0.521. The zero-order valence-corrected chi connectivity index (χ0v) is 23.8. The minimum atomic E-state index is -1.36. The van der Waals surface area contributed by atoms with Crippen molar-refractivity contribution in [3.63, 3.8) is 0 Å². The van der Waals surface area contributed by atoms with Gasteiger partial charge in [-0.1, -0.05) is 63.1 Å². The van der Waals surface area contributed by atoms with Crippen LogP contribution in [-0.2, 0) is 19.1 Å². The normalized spacial score (nSPS) is 33.5. The molecule has 4 heterocycles. The van der Waals surface area contributed by atoms with Gasteiger partial charge in [0.15, 0.2) is 0 Å². The number of aliphatic hydroxyl groups is 1. The van der Waals surface area contributed by atoms with E-state index in [0.29, 0.717) is 30.2 Å². The number of nitrogens with zero attached hydrogens (tertiary/aromatic N) is 3. The number of likely N-dealkylation sites (tertiary alicyclic amines) is 1. The SMILES string of the molecule is CCCN1CC=C[C@@]2(C)O[C@]34C=CCN(c5ccc(Cl)cc5)C(=O)C3N([C@@H](CO)[C@@H](C)CC)C(=O)[C@@H]4[C@H]2C1=O. The van der Waals surface area contributed by atoms with Crippen molar-refractivity contribution in [3.05, 3.63) is 53.6 Å². The van der Waals surface area contributed by atoms with Crippen LogP contribution in [0, 0.1) is 17.8 Å². The van der Waals surface area contributed by atoms with Crippen LogP contribution in [0.4, 0.5) is 5.69 Å². The molecule has 0 bridgehead atoms. The van der Waals surface area contributed by atoms with Crippen molar-refractivity contribution in [2.24, 2.45) is 17.8 Å². The van der Waals surface area contributed by atoms with Crippen LogP contribution in [-0.4, -0.2) is 82.2 Å². The number of amides is 3. The summed E-state index contributed by atoms with van der Waals surface area (Å²) in [6, 6.07) is 5.36. The van der Waals surface area contributed by atoms with Gasteiger partial charge in [-0.15, -0.1) is 0 Å². The van der Waals surface area contributed by atoms with E-state index in [2.05, 4.69) is 0 Å². The number of carbonyl (C=O) groups is 3. The second-order valence-corrected chi connectivity index (χ2v) is 11.8. The fourth-order valence-corrected chi connectivity index (χ4v) is 7.13. The van der Waals surface area contributed by atoms with E-state index >= 15 is 0 Å². The number of carbonyl (C=O) groups excluding carboxylic acids is 3. The van der Waals surface area contributed by atoms with Gasteiger partial charge >= 0.3 is 0 Å². The number of anilines is 1. The zero-order chi connectivity index (χ0) is 28.1. The van der Waals surface area contributed by atoms with Crippen LogP contribution in [0.5, 0.6) is 0 Å². The summed E-state index contributed by atoms with van der Waals surface area (Å²) in [6.45, 7) is 8.83. The molecule has 5 rings (SSSR count). The van der Waals surface area contributed by atoms with Crippen LogP contribution in [0.25, 0.3) is 0 Å². The van der Waals surface area contributed by atoms with Gasteiger partial charge in [-0.2, -0.15) is 0 Å². The molecule has 1 spiro atoms. The Hall–Kier alpha value is -2.68. The van der Waals surface area contributed by atoms with Crippen molar-refractivity contribution >= 4 is 35.0 Å². The van der Waals surface area contributed by atoms with Gasteiger partial charge in [0.25, 0.3) is 5.91 Å². The molecule has 0 aliphatic carbocycles. The first-order valence-electron chi connectivity index (χ1n) is 14.0. The lowest BCUT2D eigenvalue weighted by Crippen LogP contribution is -2.60. The molecule has 4 aliphatic heterocycles. The Balaban J connectivity index is 1.68. The molecule has 9 heteroatoms. The largest absolute Gasteiger partial charge is 0.394 e. The number of ether oxygens (including phenoxy) is 1. The topological polar surface area (TPSA) is 90.4 Å². The Morgan fingerprint density at radius 1 is 1.03 bits per heavy atom. The average Bonchev–Trinajstić information content (AvgIpc) is 3.19. The van der Waals surface area contributed by atoms with Crippen LogP contribution in [0.2, 0.25) is 5.02 Å². The van der Waals surface area contributed by atoms with Crippen molar-refractivity contribution < 1.29 is 24.2 Å². The number of rotatable bonds is 7. The van der Waals surface area contributed by atoms with Gasteiger partial charge in [0.2, 0.25) is 11.8 Å². The summed E-state index contributed by atoms with van der Waals surface area (Å²) in [5.41, 5.74) is -1.77. The number of benzene rings is 1. The summed E-state index contributed by atoms with van der Waals surface area (Å²) in [7, 11) is 0. The Morgan fingerprint density at radius 2 is 1.72 bits per heavy atom. The van der Waals surface area contributed by atoms with Gasteiger partial charge in [-0.05, 0) is 43.5 Å². The van der Waals surface area contributed by atoms with Gasteiger partial charge in [0, 0.05) is 30.3 Å². The van der Waals surface area contributed by atoms with E-state index in [1.54, 1.807) is 39.0 Å². The minimum Gasteiger partial charge on any atom is -0.394 e. The summed E-state index contributed by atoms with van der Waals surface area (Å²) in [4.78, 5) is 48.1. The summed E-state index contributed by atoms with van der Waals surface area (Å²) in [5.74, 6) is -2.52. The molecule has 0 aromatic heterocycles. The molecule has 7 atom stereocenters. The van der Waals surface area contributed by atoms with Crippen LogP contribution in [0.3, 0.4) is 0 Å². The monoisotopic (exact) mass is 555 g/mol. The highest BCUT2D eigenvalue weighted by atomic mass is 35.5. The second kappa shape index (κ2) is 10.4. The highest BCUT2D eigenvalue weighted by Gasteiger charge is 2.75. The molecule has 0 saturated carbocycles. The highest BCUT2D eigenvalue weighted by molar-refractivity contribution is 6.30. The average molecular weight is 556 g/mol. The lowest BCUT2D eigenvalue weighted by atomic mass is 9.74. The summed E-state index contributed by atoms with van der Waals surface area (Å²) in [6.07, 6.45) is 9.02. The molecule has 4 aliphatic rings. The Labute approximate surface area is 235 Å². The molecule has 8 nitrogen and oxygen atoms in total. The van der Waals surface area contributed by atoms with Crippen LogP contribution >= 0.6 is 11.6 Å². The third-order valence-electron chi connectivity index (χ3n) is 9.06. The first-order chi connectivity index (χ1) is 18.6. The van der Waals surface area contributed by atoms with Crippen molar-refractivity contribution in [2.45, 2.75) is 63.8 Å². The maximum atomic E-state index is 14.6. The third-order valence-corrected chi connectivity index (χ3v) is 9.31. The molecule has 2 saturated heterocycles. The number of fused-ring (bicyclic) bond motifs is 2. The Kier molecular flexibility index (Phi) is 7.42. The lowest BCUT2D eigenvalue weighted by Gasteiger charge is -2.41. The van der Waals surface area contributed by atoms with Crippen LogP contribution in [0.15, 0.2) is 48.6 Å². The summed E-state index contributed by atoms with van der Waals surface area (Å²) in [5, 5.41) is 11.1. The van der Waals surface area contributed by atoms with Gasteiger partial charge in [-0.25, -0.2) is 0 Å². The molecule has 1 unspecified atom stereocenters. The predicted octanol–water partition coefficient (Wildman–Crippen LogP) is 3.43. The molecule has 0 radical (unpaired) electrons. The standard InChI is InChI=1S/C30H38ClN3O5/c1-5-15-32-16-7-13-29(4)23(26(32)36)24-27(37)34(22(18-35)19(3)6-2)25-28(38)33(17-8-14-30(24,25)39-29)21-11-9-20(31)10-12-21/h7-14,19,22-25,35H,5-6,15-18H2,1-4H3/t19-,22-,23-,24-,25?,29+,30-/m0/s1. The smallest absolute Gasteiger partial charge is 0.253 e. The predicted molar refractivity (Wildman–Crippen MR) is 149 cm³/mol. The molecule has 210 valence electrons. The zero-order valence-electron chi connectivity index (χ0n) is 23.0. The summed E-state index contributed by atoms with van der Waals surface area (Å²) < 4.78 is 6.87. The lowest BCUT2D eigenvalue weighted by molar-refractivity contribution is -0.152. The number of hydrogen-bond acceptors (Lipinski definition) is 5. The molecule has 1 N–H and O–H groups in total. The summed E-state index contributed by atoms with van der Waals surface area (Å²) >= 11 is 6.12. The molecule has 3 amide bonds. The van der Waals surface area contributed by atoms with E-state index in [0.717, 1.165) is 6.42 Å². The molecule has 1 aromatic rings. The number of halogens is 1. The minimum absolute atomic E-state index is 0.0773. The van der Waals surface area contributed by atoms with Crippen molar-refractivity contribution in [1.82, 2.24) is 9.80 Å². The van der Waals surface area contributed by atoms with E-state index in [4.69, 9.17) is 16.3 Å². The maximum Gasteiger partial charge on any atom is 0.253 e. The third kappa shape index (κ3) is 4.23. The van der Waals surface area contributed by atoms with Gasteiger partial charge < -0.3 is 24.5 Å². The van der Waals surface area contributed by atoms with Crippen molar-refractivity contribution in [2.75, 3.05) is 31.1 Å². The fraction of sp³-hybridized carbons (Fsp3) is 0.567. The molecular formula is C30H38ClN3O5.